The second-order valence-corrected chi connectivity index (χ2v) is 29.0. The van der Waals surface area contributed by atoms with E-state index in [0.717, 1.165) is 0 Å². The molecule has 8 heterocycles. The number of unbranched alkanes of at least 4 members (excludes halogenated alkanes) is 1. The van der Waals surface area contributed by atoms with Gasteiger partial charge in [0.1, 0.15) is 91.0 Å². The summed E-state index contributed by atoms with van der Waals surface area (Å²) < 4.78 is 75.5. The number of amides is 3. The van der Waals surface area contributed by atoms with E-state index in [1.165, 1.54) is 20.8 Å². The second kappa shape index (κ2) is 45.8. The molecule has 4 aromatic rings. The van der Waals surface area contributed by atoms with E-state index in [0.29, 0.717) is 48.7 Å². The zero-order chi connectivity index (χ0) is 81.9. The first-order valence-electron chi connectivity index (χ1n) is 37.8. The Bertz CT molecular complexity index is 3340. The van der Waals surface area contributed by atoms with Crippen LogP contribution in [0.25, 0.3) is 0 Å². The molecule has 113 heavy (non-hydrogen) atoms. The third-order valence-electron chi connectivity index (χ3n) is 19.1. The minimum absolute atomic E-state index is 0.0218. The fourth-order valence-electron chi connectivity index (χ4n) is 13.1. The quantitative estimate of drug-likeness (QED) is 0.0183. The van der Waals surface area contributed by atoms with E-state index in [9.17, 15) is 75.7 Å². The maximum Gasteiger partial charge on any atom is 0.217 e. The normalized spacial score (nSPS) is 28.5. The maximum absolute atomic E-state index is 15.0. The van der Waals surface area contributed by atoms with Gasteiger partial charge in [-0.3, -0.25) is 24.1 Å². The Kier molecular flexibility index (Phi) is 37.3. The molecule has 4 aliphatic heterocycles. The summed E-state index contributed by atoms with van der Waals surface area (Å²) in [5, 5.41) is 166. The van der Waals surface area contributed by atoms with Crippen LogP contribution in [0.5, 0.6) is 0 Å². The van der Waals surface area contributed by atoms with Gasteiger partial charge in [-0.05, 0) is 25.8 Å². The molecule has 0 radical (unpaired) electrons. The molecule has 15 N–H and O–H groups in total. The number of aliphatic hydroxyl groups is 12. The number of Topliss-reactive ketones (excluding diaryl/α,β-unsaturated/α-hetero) is 1. The molecule has 4 saturated heterocycles. The molecule has 0 aliphatic carbocycles. The first-order chi connectivity index (χ1) is 54.1. The second-order valence-electron chi connectivity index (χ2n) is 29.0. The van der Waals surface area contributed by atoms with Gasteiger partial charge in [0.25, 0.3) is 0 Å². The summed E-state index contributed by atoms with van der Waals surface area (Å²) in [4.78, 5) is 54.8. The summed E-state index contributed by atoms with van der Waals surface area (Å²) in [6.07, 6.45) is -11.9. The summed E-state index contributed by atoms with van der Waals surface area (Å²) in [5.41, 5.74) is 0.811. The Morgan fingerprint density at radius 1 is 0.442 bits per heavy atom. The molecule has 4 aliphatic rings. The lowest BCUT2D eigenvalue weighted by Crippen LogP contribution is -2.64. The molecule has 45 heteroatoms. The van der Waals surface area contributed by atoms with Crippen molar-refractivity contribution in [3.63, 3.8) is 0 Å². The molecule has 21 atom stereocenters. The number of nitrogens with zero attached hydrogens (tertiary/aromatic N) is 14. The Morgan fingerprint density at radius 2 is 0.770 bits per heavy atom. The van der Waals surface area contributed by atoms with E-state index in [1.54, 1.807) is 50.4 Å². The van der Waals surface area contributed by atoms with Crippen molar-refractivity contribution in [2.75, 3.05) is 117 Å². The Balaban J connectivity index is 0.926. The predicted octanol–water partition coefficient (Wildman–Crippen LogP) is -8.05. The fraction of sp³-hybridized carbons (Fsp3) is 0.824. The average Bonchev–Trinajstić information content (AvgIpc) is 1.79. The largest absolute Gasteiger partial charge is 0.394 e. The van der Waals surface area contributed by atoms with Crippen LogP contribution in [0.4, 0.5) is 5.82 Å². The zero-order valence-electron chi connectivity index (χ0n) is 64.7. The molecule has 640 valence electrons. The standard InChI is InChI=1S/C68H115N17O28/c1-39-55(93)56(94)47(35-86)110-64(39)106-24-20-102-18-14-83-32-45(74-78-83)33-85(51-34-84(79-75-51)15-19-105-23-27-109-67-54(71-42(4)92)62(100)59(97)50(38-89)113-67)46(63(101)68(5,6)7)10-8-9-11-80(28-43-30-81(76-72-43)12-16-103-21-25-107-65-52(69-40(2)90)60(98)57(95)48(36-87)111-65)29-44-31-82(77-73-44)13-17-104-22-26-108-66-53(70-41(3)91)61(99)58(96)49(37-88)112-66/h30-32,34,39,46-50,52-62,64-67,86-89,93-100H,8-29,33,35-38H2,1-7H3,(H,69,90)(H,70,91)(H,71,92)/t39-,46-,47-,48-,49-,50-,52-,53-,54-,55-,56+,57+,58+,59+,60-,61-,62-,64-,65-,66-,67-/m1/s1. The van der Waals surface area contributed by atoms with Gasteiger partial charge >= 0.3 is 0 Å². The molecule has 0 saturated carbocycles. The summed E-state index contributed by atoms with van der Waals surface area (Å²) in [7, 11) is 0. The number of nitrogens with one attached hydrogen (secondary N) is 3. The molecule has 0 unspecified atom stereocenters. The highest BCUT2D eigenvalue weighted by atomic mass is 16.7. The van der Waals surface area contributed by atoms with E-state index in [1.807, 2.05) is 25.7 Å². The first kappa shape index (κ1) is 92.0. The summed E-state index contributed by atoms with van der Waals surface area (Å²) in [5.74, 6) is -1.83. The number of carbonyl (C=O) groups excluding carboxylic acids is 4. The van der Waals surface area contributed by atoms with Crippen LogP contribution in [0.2, 0.25) is 0 Å². The zero-order valence-corrected chi connectivity index (χ0v) is 64.7. The van der Waals surface area contributed by atoms with Gasteiger partial charge in [-0.1, -0.05) is 48.5 Å². The number of ether oxygens (including phenoxy) is 12. The number of anilines is 1. The van der Waals surface area contributed by atoms with Gasteiger partial charge in [0.05, 0.1) is 174 Å². The minimum atomic E-state index is -1.49. The molecule has 4 fully saturated rings. The van der Waals surface area contributed by atoms with Gasteiger partial charge < -0.3 is 139 Å². The van der Waals surface area contributed by atoms with Crippen LogP contribution in [0.1, 0.15) is 84.8 Å². The van der Waals surface area contributed by atoms with Crippen LogP contribution < -0.4 is 20.9 Å². The van der Waals surface area contributed by atoms with Crippen LogP contribution in [-0.4, -0.2) is 384 Å². The minimum Gasteiger partial charge on any atom is -0.394 e. The van der Waals surface area contributed by atoms with Gasteiger partial charge in [0.15, 0.2) is 36.8 Å². The van der Waals surface area contributed by atoms with E-state index >= 15 is 4.79 Å². The van der Waals surface area contributed by atoms with E-state index in [2.05, 4.69) is 62.1 Å². The summed E-state index contributed by atoms with van der Waals surface area (Å²) in [6, 6.07) is -4.17. The van der Waals surface area contributed by atoms with E-state index < -0.39 is 178 Å². The molecular formula is C68H115N17O28. The van der Waals surface area contributed by atoms with Crippen molar-refractivity contribution >= 4 is 29.3 Å². The highest BCUT2D eigenvalue weighted by molar-refractivity contribution is 5.91. The van der Waals surface area contributed by atoms with E-state index in [4.69, 9.17) is 56.8 Å². The summed E-state index contributed by atoms with van der Waals surface area (Å²) in [6.45, 7) is 11.5. The maximum atomic E-state index is 15.0. The van der Waals surface area contributed by atoms with Gasteiger partial charge in [-0.15, -0.1) is 20.4 Å². The SMILES string of the molecule is CC(=O)N[C@H]1[C@H](OCCOCCn2cc(CN(CCCC[C@H](C(=O)C(C)(C)C)N(Cc3cn(CCOCCO[C@@H]4O[C@H](CO)[C@H](O)[C@H](O)[C@H]4C)nn3)c3cn(CCOCCO[C@@H]4O[C@H](CO)[C@H](O)[C@H](O)[C@H]4NC(C)=O)nn3)Cc3cn(CCOCCO[C@@H]4O[C@H](CO)[C@H](O)[C@H](O)[C@H]4NC(C)=O)nn3)nn2)O[C@H](CO)[C@H](O)[C@@H]1O. The lowest BCUT2D eigenvalue weighted by molar-refractivity contribution is -0.284. The molecule has 0 aromatic carbocycles. The highest BCUT2D eigenvalue weighted by Gasteiger charge is 2.49. The van der Waals surface area contributed by atoms with Crippen LogP contribution in [0, 0.1) is 11.3 Å². The number of rotatable bonds is 49. The summed E-state index contributed by atoms with van der Waals surface area (Å²) >= 11 is 0. The number of hydrogen-bond acceptors (Lipinski definition) is 38. The van der Waals surface area contributed by atoms with Crippen molar-refractivity contribution in [3.05, 3.63) is 41.9 Å². The molecule has 4 aromatic heterocycles. The third kappa shape index (κ3) is 27.5. The Morgan fingerprint density at radius 3 is 1.12 bits per heavy atom. The number of ketones is 1. The molecule has 0 bridgehead atoms. The van der Waals surface area contributed by atoms with Gasteiger partial charge in [-0.2, -0.15) is 0 Å². The smallest absolute Gasteiger partial charge is 0.217 e. The lowest BCUT2D eigenvalue weighted by atomic mass is 9.84. The fourth-order valence-corrected chi connectivity index (χ4v) is 13.1. The number of hydrogen-bond donors (Lipinski definition) is 15. The highest BCUT2D eigenvalue weighted by Crippen LogP contribution is 2.31. The average molecular weight is 1620 g/mol. The van der Waals surface area contributed by atoms with Crippen molar-refractivity contribution in [1.82, 2.24) is 80.8 Å². The van der Waals surface area contributed by atoms with Crippen molar-refractivity contribution in [2.24, 2.45) is 11.3 Å². The van der Waals surface area contributed by atoms with Crippen molar-refractivity contribution in [2.45, 2.75) is 236 Å². The monoisotopic (exact) mass is 1620 g/mol. The number of aromatic nitrogens is 12. The van der Waals surface area contributed by atoms with Crippen LogP contribution in [-0.2, 0) is 122 Å². The molecular weight excluding hydrogens is 1500 g/mol. The van der Waals surface area contributed by atoms with Gasteiger partial charge in [0, 0.05) is 57.6 Å². The molecule has 0 spiro atoms. The molecule has 8 rings (SSSR count). The number of aliphatic hydroxyl groups excluding tert-OH is 12. The Hall–Kier alpha value is -6.56. The topological polar surface area (TPSA) is 587 Å². The third-order valence-corrected chi connectivity index (χ3v) is 19.1. The van der Waals surface area contributed by atoms with Crippen molar-refractivity contribution in [1.29, 1.82) is 0 Å². The van der Waals surface area contributed by atoms with Crippen molar-refractivity contribution < 1.29 is 137 Å². The molecule has 3 amide bonds. The van der Waals surface area contributed by atoms with Crippen LogP contribution in [0.15, 0.2) is 24.8 Å². The van der Waals surface area contributed by atoms with Crippen LogP contribution in [0.3, 0.4) is 0 Å². The van der Waals surface area contributed by atoms with Crippen LogP contribution >= 0.6 is 0 Å². The first-order valence-corrected chi connectivity index (χ1v) is 37.8. The Labute approximate surface area is 651 Å². The van der Waals surface area contributed by atoms with Gasteiger partial charge in [0.2, 0.25) is 17.7 Å². The van der Waals surface area contributed by atoms with Crippen molar-refractivity contribution in [3.8, 4) is 0 Å². The molecule has 45 nitrogen and oxygen atoms in total. The lowest BCUT2D eigenvalue weighted by Gasteiger charge is -2.42. The van der Waals surface area contributed by atoms with E-state index in [-0.39, 0.29) is 131 Å². The van der Waals surface area contributed by atoms with Gasteiger partial charge in [-0.25, -0.2) is 18.7 Å². The predicted molar refractivity (Wildman–Crippen MR) is 383 cm³/mol. The number of carbonyl (C=O) groups is 4.